The topological polar surface area (TPSA) is 40.5 Å². The van der Waals surface area contributed by atoms with Gasteiger partial charge in [-0.1, -0.05) is 11.6 Å². The lowest BCUT2D eigenvalue weighted by atomic mass is 10.2. The molecule has 1 atom stereocenters. The first-order valence-electron chi connectivity index (χ1n) is 4.34. The Balaban J connectivity index is 2.97. The number of aliphatic hydroxyl groups is 1. The van der Waals surface area contributed by atoms with Crippen LogP contribution in [0.4, 0.5) is 10.1 Å². The third-order valence-corrected chi connectivity index (χ3v) is 2.27. The molecule has 0 bridgehead atoms. The summed E-state index contributed by atoms with van der Waals surface area (Å²) < 4.78 is 12.8. The molecule has 0 spiro atoms. The molecule has 1 N–H and O–H groups in total. The van der Waals surface area contributed by atoms with Crippen molar-refractivity contribution in [3.05, 3.63) is 29.0 Å². The highest BCUT2D eigenvalue weighted by atomic mass is 35.5. The van der Waals surface area contributed by atoms with Gasteiger partial charge in [-0.2, -0.15) is 0 Å². The fourth-order valence-electron chi connectivity index (χ4n) is 1.10. The molecule has 1 rings (SSSR count). The molecule has 1 amide bonds. The Labute approximate surface area is 92.1 Å². The van der Waals surface area contributed by atoms with E-state index in [1.165, 1.54) is 37.1 Å². The lowest BCUT2D eigenvalue weighted by Crippen LogP contribution is -2.34. The van der Waals surface area contributed by atoms with Gasteiger partial charge in [-0.3, -0.25) is 4.79 Å². The number of likely N-dealkylation sites (N-methyl/N-ethyl adjacent to an activating group) is 1. The zero-order chi connectivity index (χ0) is 11.6. The molecule has 0 aromatic heterocycles. The average molecular weight is 232 g/mol. The van der Waals surface area contributed by atoms with Gasteiger partial charge in [-0.15, -0.1) is 0 Å². The summed E-state index contributed by atoms with van der Waals surface area (Å²) in [4.78, 5) is 12.6. The summed E-state index contributed by atoms with van der Waals surface area (Å²) in [6, 6.07) is 3.92. The van der Waals surface area contributed by atoms with Crippen LogP contribution in [0.5, 0.6) is 0 Å². The lowest BCUT2D eigenvalue weighted by molar-refractivity contribution is -0.125. The van der Waals surface area contributed by atoms with Crippen molar-refractivity contribution in [2.24, 2.45) is 0 Å². The summed E-state index contributed by atoms with van der Waals surface area (Å²) in [6.45, 7) is 1.37. The van der Waals surface area contributed by atoms with Crippen LogP contribution in [0.2, 0.25) is 5.02 Å². The predicted molar refractivity (Wildman–Crippen MR) is 56.5 cm³/mol. The van der Waals surface area contributed by atoms with Gasteiger partial charge in [0.15, 0.2) is 0 Å². The normalized spacial score (nSPS) is 12.3. The van der Waals surface area contributed by atoms with Crippen LogP contribution in [0.1, 0.15) is 6.92 Å². The van der Waals surface area contributed by atoms with Gasteiger partial charge in [-0.25, -0.2) is 4.39 Å². The Hall–Kier alpha value is -1.13. The van der Waals surface area contributed by atoms with Crippen molar-refractivity contribution in [3.63, 3.8) is 0 Å². The molecule has 0 aliphatic rings. The lowest BCUT2D eigenvalue weighted by Gasteiger charge is -2.19. The number of amides is 1. The van der Waals surface area contributed by atoms with Crippen LogP contribution in [-0.4, -0.2) is 24.2 Å². The standard InChI is InChI=1S/C10H11ClFNO2/c1-6(14)10(15)13(2)7-3-4-9(12)8(11)5-7/h3-6,14H,1-2H3. The Morgan fingerprint density at radius 3 is 2.67 bits per heavy atom. The zero-order valence-electron chi connectivity index (χ0n) is 8.37. The first-order chi connectivity index (χ1) is 6.93. The van der Waals surface area contributed by atoms with Crippen molar-refractivity contribution in [3.8, 4) is 0 Å². The van der Waals surface area contributed by atoms with Crippen molar-refractivity contribution in [2.45, 2.75) is 13.0 Å². The molecule has 1 aromatic carbocycles. The SMILES string of the molecule is CC(O)C(=O)N(C)c1ccc(F)c(Cl)c1. The summed E-state index contributed by atoms with van der Waals surface area (Å²) in [5.74, 6) is -1.02. The quantitative estimate of drug-likeness (QED) is 0.844. The average Bonchev–Trinajstić information content (AvgIpc) is 2.19. The molecule has 0 aliphatic carbocycles. The summed E-state index contributed by atoms with van der Waals surface area (Å²) >= 11 is 5.57. The maximum atomic E-state index is 12.8. The Morgan fingerprint density at radius 1 is 1.60 bits per heavy atom. The number of hydrogen-bond acceptors (Lipinski definition) is 2. The second-order valence-corrected chi connectivity index (χ2v) is 3.58. The smallest absolute Gasteiger partial charge is 0.255 e. The number of aliphatic hydroxyl groups excluding tert-OH is 1. The fraction of sp³-hybridized carbons (Fsp3) is 0.300. The zero-order valence-corrected chi connectivity index (χ0v) is 9.12. The molecule has 3 nitrogen and oxygen atoms in total. The predicted octanol–water partition coefficient (Wildman–Crippen LogP) is 1.82. The van der Waals surface area contributed by atoms with Crippen molar-refractivity contribution in [1.29, 1.82) is 0 Å². The van der Waals surface area contributed by atoms with E-state index >= 15 is 0 Å². The van der Waals surface area contributed by atoms with Crippen molar-refractivity contribution in [2.75, 3.05) is 11.9 Å². The number of halogens is 2. The number of carbonyl (C=O) groups excluding carboxylic acids is 1. The van der Waals surface area contributed by atoms with Gasteiger partial charge < -0.3 is 10.0 Å². The van der Waals surface area contributed by atoms with E-state index in [-0.39, 0.29) is 5.02 Å². The second-order valence-electron chi connectivity index (χ2n) is 3.17. The molecule has 0 heterocycles. The highest BCUT2D eigenvalue weighted by Gasteiger charge is 2.16. The molecular weight excluding hydrogens is 221 g/mol. The van der Waals surface area contributed by atoms with Gasteiger partial charge in [0.25, 0.3) is 5.91 Å². The minimum absolute atomic E-state index is 0.0576. The van der Waals surface area contributed by atoms with E-state index < -0.39 is 17.8 Å². The molecule has 0 radical (unpaired) electrons. The largest absolute Gasteiger partial charge is 0.384 e. The minimum atomic E-state index is -1.10. The number of rotatable bonds is 2. The van der Waals surface area contributed by atoms with E-state index in [0.717, 1.165) is 0 Å². The van der Waals surface area contributed by atoms with Crippen LogP contribution in [0.25, 0.3) is 0 Å². The van der Waals surface area contributed by atoms with Gasteiger partial charge in [0.1, 0.15) is 11.9 Å². The second kappa shape index (κ2) is 4.59. The van der Waals surface area contributed by atoms with Gasteiger partial charge in [-0.05, 0) is 25.1 Å². The number of hydrogen-bond donors (Lipinski definition) is 1. The molecule has 15 heavy (non-hydrogen) atoms. The van der Waals surface area contributed by atoms with Crippen molar-refractivity contribution >= 4 is 23.2 Å². The van der Waals surface area contributed by atoms with E-state index in [1.807, 2.05) is 0 Å². The highest BCUT2D eigenvalue weighted by molar-refractivity contribution is 6.31. The molecule has 1 unspecified atom stereocenters. The Morgan fingerprint density at radius 2 is 2.20 bits per heavy atom. The van der Waals surface area contributed by atoms with E-state index in [4.69, 9.17) is 16.7 Å². The third-order valence-electron chi connectivity index (χ3n) is 1.98. The summed E-state index contributed by atoms with van der Waals surface area (Å²) in [6.07, 6.45) is -1.10. The Kier molecular flexibility index (Phi) is 3.66. The van der Waals surface area contributed by atoms with E-state index in [0.29, 0.717) is 5.69 Å². The summed E-state index contributed by atoms with van der Waals surface area (Å²) in [5, 5.41) is 9.02. The number of anilines is 1. The molecule has 0 saturated carbocycles. The van der Waals surface area contributed by atoms with Crippen molar-refractivity contribution < 1.29 is 14.3 Å². The molecule has 5 heteroatoms. The van der Waals surface area contributed by atoms with Crippen LogP contribution < -0.4 is 4.90 Å². The maximum Gasteiger partial charge on any atom is 0.255 e. The van der Waals surface area contributed by atoms with Crippen LogP contribution in [0.3, 0.4) is 0 Å². The highest BCUT2D eigenvalue weighted by Crippen LogP contribution is 2.22. The monoisotopic (exact) mass is 231 g/mol. The Bertz CT molecular complexity index is 382. The number of carbonyl (C=O) groups is 1. The molecule has 82 valence electrons. The van der Waals surface area contributed by atoms with E-state index in [9.17, 15) is 9.18 Å². The third kappa shape index (κ3) is 2.67. The van der Waals surface area contributed by atoms with E-state index in [2.05, 4.69) is 0 Å². The van der Waals surface area contributed by atoms with Crippen LogP contribution in [0, 0.1) is 5.82 Å². The summed E-state index contributed by atoms with van der Waals surface area (Å²) in [5.41, 5.74) is 0.437. The first-order valence-corrected chi connectivity index (χ1v) is 4.72. The fourth-order valence-corrected chi connectivity index (χ4v) is 1.28. The van der Waals surface area contributed by atoms with Gasteiger partial charge in [0.2, 0.25) is 0 Å². The number of benzene rings is 1. The maximum absolute atomic E-state index is 12.8. The van der Waals surface area contributed by atoms with Gasteiger partial charge in [0, 0.05) is 12.7 Å². The van der Waals surface area contributed by atoms with Crippen LogP contribution in [-0.2, 0) is 4.79 Å². The molecular formula is C10H11ClFNO2. The van der Waals surface area contributed by atoms with Crippen molar-refractivity contribution in [1.82, 2.24) is 0 Å². The molecule has 0 fully saturated rings. The molecule has 0 saturated heterocycles. The molecule has 1 aromatic rings. The van der Waals surface area contributed by atoms with Crippen LogP contribution >= 0.6 is 11.6 Å². The van der Waals surface area contributed by atoms with Gasteiger partial charge in [0.05, 0.1) is 5.02 Å². The minimum Gasteiger partial charge on any atom is -0.384 e. The molecule has 0 aliphatic heterocycles. The number of nitrogens with zero attached hydrogens (tertiary/aromatic N) is 1. The van der Waals surface area contributed by atoms with E-state index in [1.54, 1.807) is 0 Å². The van der Waals surface area contributed by atoms with Gasteiger partial charge >= 0.3 is 0 Å². The van der Waals surface area contributed by atoms with Crippen LogP contribution in [0.15, 0.2) is 18.2 Å². The summed E-state index contributed by atoms with van der Waals surface area (Å²) in [7, 11) is 1.48. The first kappa shape index (κ1) is 11.9.